The highest BCUT2D eigenvalue weighted by atomic mass is 16.5. The van der Waals surface area contributed by atoms with Crippen molar-refractivity contribution in [3.8, 4) is 0 Å². The Morgan fingerprint density at radius 1 is 1.47 bits per heavy atom. The number of aromatic nitrogens is 3. The third-order valence-electron chi connectivity index (χ3n) is 3.10. The number of pyridine rings is 1. The first-order chi connectivity index (χ1) is 8.42. The van der Waals surface area contributed by atoms with Crippen LogP contribution < -0.4 is 5.32 Å². The second-order valence-electron chi connectivity index (χ2n) is 4.38. The maximum absolute atomic E-state index is 5.34. The molecule has 1 saturated heterocycles. The number of hydrogen-bond acceptors (Lipinski definition) is 4. The molecule has 1 unspecified atom stereocenters. The van der Waals surface area contributed by atoms with Crippen LogP contribution in [0.1, 0.15) is 12.8 Å². The minimum atomic E-state index is 0.694. The molecule has 5 heteroatoms. The van der Waals surface area contributed by atoms with Crippen LogP contribution in [0.2, 0.25) is 0 Å². The quantitative estimate of drug-likeness (QED) is 0.869. The van der Waals surface area contributed by atoms with Gasteiger partial charge in [-0.05, 0) is 30.9 Å². The third kappa shape index (κ3) is 2.39. The van der Waals surface area contributed by atoms with Crippen molar-refractivity contribution in [3.05, 3.63) is 24.4 Å². The molecule has 3 heterocycles. The average Bonchev–Trinajstić information content (AvgIpc) is 2.96. The van der Waals surface area contributed by atoms with Gasteiger partial charge in [-0.2, -0.15) is 4.98 Å². The summed E-state index contributed by atoms with van der Waals surface area (Å²) in [5, 5.41) is 7.60. The van der Waals surface area contributed by atoms with Gasteiger partial charge in [0.2, 0.25) is 5.95 Å². The van der Waals surface area contributed by atoms with E-state index in [0.717, 1.165) is 31.8 Å². The lowest BCUT2D eigenvalue weighted by atomic mass is 10.1. The van der Waals surface area contributed by atoms with E-state index in [1.54, 1.807) is 4.52 Å². The Kier molecular flexibility index (Phi) is 2.92. The van der Waals surface area contributed by atoms with Crippen LogP contribution in [0.5, 0.6) is 0 Å². The molecule has 1 fully saturated rings. The molecule has 2 aromatic heterocycles. The molecule has 1 aliphatic rings. The summed E-state index contributed by atoms with van der Waals surface area (Å²) in [6, 6.07) is 5.86. The van der Waals surface area contributed by atoms with E-state index in [1.165, 1.54) is 6.42 Å². The number of anilines is 1. The SMILES string of the molecule is c1ccn2nc(NCCC3CCOC3)nc2c1. The summed E-state index contributed by atoms with van der Waals surface area (Å²) in [5.74, 6) is 1.40. The van der Waals surface area contributed by atoms with Crippen molar-refractivity contribution in [1.82, 2.24) is 14.6 Å². The van der Waals surface area contributed by atoms with E-state index in [9.17, 15) is 0 Å². The molecular formula is C12H16N4O. The van der Waals surface area contributed by atoms with Crippen LogP contribution in [0.3, 0.4) is 0 Å². The predicted octanol–water partition coefficient (Wildman–Crippen LogP) is 1.57. The van der Waals surface area contributed by atoms with E-state index >= 15 is 0 Å². The number of rotatable bonds is 4. The van der Waals surface area contributed by atoms with Crippen molar-refractivity contribution in [3.63, 3.8) is 0 Å². The molecule has 0 saturated carbocycles. The zero-order chi connectivity index (χ0) is 11.5. The largest absolute Gasteiger partial charge is 0.381 e. The lowest BCUT2D eigenvalue weighted by Crippen LogP contribution is -2.09. The van der Waals surface area contributed by atoms with Gasteiger partial charge in [0.25, 0.3) is 0 Å². The molecule has 1 aliphatic heterocycles. The number of fused-ring (bicyclic) bond motifs is 1. The summed E-state index contributed by atoms with van der Waals surface area (Å²) >= 11 is 0. The number of nitrogens with zero attached hydrogens (tertiary/aromatic N) is 3. The predicted molar refractivity (Wildman–Crippen MR) is 65.0 cm³/mol. The van der Waals surface area contributed by atoms with Crippen molar-refractivity contribution in [2.24, 2.45) is 5.92 Å². The molecule has 17 heavy (non-hydrogen) atoms. The van der Waals surface area contributed by atoms with Gasteiger partial charge in [-0.1, -0.05) is 6.07 Å². The summed E-state index contributed by atoms with van der Waals surface area (Å²) in [7, 11) is 0. The number of nitrogens with one attached hydrogen (secondary N) is 1. The summed E-state index contributed by atoms with van der Waals surface area (Å²) in [4.78, 5) is 4.39. The Labute approximate surface area is 99.8 Å². The van der Waals surface area contributed by atoms with Gasteiger partial charge >= 0.3 is 0 Å². The summed E-state index contributed by atoms with van der Waals surface area (Å²) < 4.78 is 7.12. The van der Waals surface area contributed by atoms with Gasteiger partial charge in [-0.25, -0.2) is 4.52 Å². The van der Waals surface area contributed by atoms with E-state index in [4.69, 9.17) is 4.74 Å². The molecule has 5 nitrogen and oxygen atoms in total. The maximum atomic E-state index is 5.34. The van der Waals surface area contributed by atoms with Crippen molar-refractivity contribution >= 4 is 11.6 Å². The first-order valence-electron chi connectivity index (χ1n) is 6.05. The van der Waals surface area contributed by atoms with Crippen LogP contribution in [0.25, 0.3) is 5.65 Å². The lowest BCUT2D eigenvalue weighted by molar-refractivity contribution is 0.185. The fourth-order valence-electron chi connectivity index (χ4n) is 2.11. The lowest BCUT2D eigenvalue weighted by Gasteiger charge is -2.06. The normalized spacial score (nSPS) is 19.9. The second-order valence-corrected chi connectivity index (χ2v) is 4.38. The maximum Gasteiger partial charge on any atom is 0.243 e. The summed E-state index contributed by atoms with van der Waals surface area (Å²) in [6.45, 7) is 2.72. The fourth-order valence-corrected chi connectivity index (χ4v) is 2.11. The van der Waals surface area contributed by atoms with Crippen molar-refractivity contribution in [1.29, 1.82) is 0 Å². The highest BCUT2D eigenvalue weighted by Crippen LogP contribution is 2.16. The number of ether oxygens (including phenoxy) is 1. The third-order valence-corrected chi connectivity index (χ3v) is 3.10. The Balaban J connectivity index is 1.57. The van der Waals surface area contributed by atoms with Crippen molar-refractivity contribution < 1.29 is 4.74 Å². The molecule has 1 N–H and O–H groups in total. The fraction of sp³-hybridized carbons (Fsp3) is 0.500. The monoisotopic (exact) mass is 232 g/mol. The van der Waals surface area contributed by atoms with Crippen LogP contribution in [0.4, 0.5) is 5.95 Å². The molecule has 3 rings (SSSR count). The molecule has 0 spiro atoms. The van der Waals surface area contributed by atoms with Crippen LogP contribution in [0.15, 0.2) is 24.4 Å². The zero-order valence-electron chi connectivity index (χ0n) is 9.67. The molecule has 0 amide bonds. The van der Waals surface area contributed by atoms with E-state index in [2.05, 4.69) is 15.4 Å². The van der Waals surface area contributed by atoms with Gasteiger partial charge < -0.3 is 10.1 Å². The molecule has 0 bridgehead atoms. The van der Waals surface area contributed by atoms with E-state index in [1.807, 2.05) is 24.4 Å². The zero-order valence-corrected chi connectivity index (χ0v) is 9.67. The van der Waals surface area contributed by atoms with Crippen molar-refractivity contribution in [2.45, 2.75) is 12.8 Å². The van der Waals surface area contributed by atoms with Crippen LogP contribution in [-0.4, -0.2) is 34.4 Å². The highest BCUT2D eigenvalue weighted by molar-refractivity contribution is 5.42. The minimum absolute atomic E-state index is 0.694. The van der Waals surface area contributed by atoms with Crippen LogP contribution in [-0.2, 0) is 4.74 Å². The first kappa shape index (κ1) is 10.5. The Bertz CT molecular complexity index is 457. The summed E-state index contributed by atoms with van der Waals surface area (Å²) in [5.41, 5.74) is 0.874. The van der Waals surface area contributed by atoms with Gasteiger partial charge in [0.15, 0.2) is 5.65 Å². The second kappa shape index (κ2) is 4.71. The smallest absolute Gasteiger partial charge is 0.243 e. The molecule has 0 aliphatic carbocycles. The molecule has 2 aromatic rings. The minimum Gasteiger partial charge on any atom is -0.381 e. The van der Waals surface area contributed by atoms with Gasteiger partial charge in [0, 0.05) is 26.0 Å². The Hall–Kier alpha value is -1.62. The molecule has 90 valence electrons. The van der Waals surface area contributed by atoms with Gasteiger partial charge in [0.05, 0.1) is 0 Å². The highest BCUT2D eigenvalue weighted by Gasteiger charge is 2.15. The van der Waals surface area contributed by atoms with Gasteiger partial charge in [-0.3, -0.25) is 0 Å². The Morgan fingerprint density at radius 3 is 3.29 bits per heavy atom. The van der Waals surface area contributed by atoms with Crippen molar-refractivity contribution in [2.75, 3.05) is 25.1 Å². The van der Waals surface area contributed by atoms with Crippen LogP contribution in [0, 0.1) is 5.92 Å². The first-order valence-corrected chi connectivity index (χ1v) is 6.05. The summed E-state index contributed by atoms with van der Waals surface area (Å²) in [6.07, 6.45) is 4.20. The standard InChI is InChI=1S/C12H16N4O/c1-2-7-16-11(3-1)14-12(15-16)13-6-4-10-5-8-17-9-10/h1-3,7,10H,4-6,8-9H2,(H,13,15). The van der Waals surface area contributed by atoms with E-state index < -0.39 is 0 Å². The van der Waals surface area contributed by atoms with Gasteiger partial charge in [0.1, 0.15) is 0 Å². The Morgan fingerprint density at radius 2 is 2.47 bits per heavy atom. The van der Waals surface area contributed by atoms with E-state index in [0.29, 0.717) is 11.9 Å². The number of hydrogen-bond donors (Lipinski definition) is 1. The average molecular weight is 232 g/mol. The molecule has 0 aromatic carbocycles. The molecule has 0 radical (unpaired) electrons. The topological polar surface area (TPSA) is 51.5 Å². The van der Waals surface area contributed by atoms with Crippen LogP contribution >= 0.6 is 0 Å². The molecular weight excluding hydrogens is 216 g/mol. The van der Waals surface area contributed by atoms with Gasteiger partial charge in [-0.15, -0.1) is 5.10 Å². The van der Waals surface area contributed by atoms with E-state index in [-0.39, 0.29) is 0 Å². The molecule has 1 atom stereocenters.